The van der Waals surface area contributed by atoms with Crippen LogP contribution in [0.2, 0.25) is 0 Å². The summed E-state index contributed by atoms with van der Waals surface area (Å²) in [5, 5.41) is 3.11. The fraction of sp³-hybridized carbons (Fsp3) is 0.950. The predicted molar refractivity (Wildman–Crippen MR) is 103 cm³/mol. The average Bonchev–Trinajstić information content (AvgIpc) is 2.54. The zero-order chi connectivity index (χ0) is 18.4. The largest absolute Gasteiger partial charge is 0.379 e. The van der Waals surface area contributed by atoms with Crippen LogP contribution in [-0.2, 0) is 9.53 Å². The molecule has 1 fully saturated rings. The van der Waals surface area contributed by atoms with Gasteiger partial charge in [0.1, 0.15) is 0 Å². The van der Waals surface area contributed by atoms with Crippen molar-refractivity contribution in [2.75, 3.05) is 32.8 Å². The van der Waals surface area contributed by atoms with Crippen molar-refractivity contribution in [3.63, 3.8) is 0 Å². The fourth-order valence-corrected chi connectivity index (χ4v) is 2.98. The third-order valence-corrected chi connectivity index (χ3v) is 4.45. The maximum absolute atomic E-state index is 12.1. The summed E-state index contributed by atoms with van der Waals surface area (Å²) in [6.45, 7) is 17.0. The Morgan fingerprint density at radius 3 is 2.17 bits per heavy atom. The van der Waals surface area contributed by atoms with Crippen LogP contribution in [0.5, 0.6) is 0 Å². The summed E-state index contributed by atoms with van der Waals surface area (Å²) >= 11 is 0. The summed E-state index contributed by atoms with van der Waals surface area (Å²) in [5.41, 5.74) is -0.146. The van der Waals surface area contributed by atoms with Crippen LogP contribution in [0.1, 0.15) is 80.1 Å². The molecule has 1 aliphatic rings. The van der Waals surface area contributed by atoms with Crippen LogP contribution in [0.3, 0.4) is 0 Å². The van der Waals surface area contributed by atoms with Crippen LogP contribution in [0.25, 0.3) is 0 Å². The van der Waals surface area contributed by atoms with Crippen molar-refractivity contribution < 1.29 is 9.53 Å². The molecule has 0 aromatic carbocycles. The molecule has 24 heavy (non-hydrogen) atoms. The molecule has 1 saturated heterocycles. The Morgan fingerprint density at radius 1 is 1.08 bits per heavy atom. The fourth-order valence-electron chi connectivity index (χ4n) is 2.98. The van der Waals surface area contributed by atoms with Crippen molar-refractivity contribution in [3.05, 3.63) is 0 Å². The maximum atomic E-state index is 12.1. The molecule has 0 bridgehead atoms. The monoisotopic (exact) mass is 342 g/mol. The first-order chi connectivity index (χ1) is 11.5. The van der Waals surface area contributed by atoms with E-state index in [0.717, 1.165) is 39.2 Å². The quantitative estimate of drug-likeness (QED) is 0.539. The molecule has 0 saturated carbocycles. The second kappa shape index (κ2) is 13.7. The molecular weight excluding hydrogens is 300 g/mol. The SMILES string of the molecule is CC.CCN1CC(C)(C(=O)NCCCCCCCCOC(C)C)C1. The van der Waals surface area contributed by atoms with Gasteiger partial charge >= 0.3 is 0 Å². The Kier molecular flexibility index (Phi) is 13.3. The lowest BCUT2D eigenvalue weighted by atomic mass is 9.81. The second-order valence-corrected chi connectivity index (χ2v) is 7.16. The minimum absolute atomic E-state index is 0.146. The molecular formula is C20H42N2O2. The molecule has 0 aliphatic carbocycles. The molecule has 4 nitrogen and oxygen atoms in total. The first-order valence-corrected chi connectivity index (χ1v) is 10.1. The van der Waals surface area contributed by atoms with E-state index in [1.165, 1.54) is 32.1 Å². The van der Waals surface area contributed by atoms with Crippen molar-refractivity contribution in [2.45, 2.75) is 86.2 Å². The van der Waals surface area contributed by atoms with Gasteiger partial charge in [-0.15, -0.1) is 0 Å². The highest BCUT2D eigenvalue weighted by Crippen LogP contribution is 2.29. The normalized spacial score (nSPS) is 16.3. The Balaban J connectivity index is 0.00000254. The number of amides is 1. The molecule has 0 atom stereocenters. The van der Waals surface area contributed by atoms with Gasteiger partial charge in [-0.1, -0.05) is 46.5 Å². The van der Waals surface area contributed by atoms with E-state index in [2.05, 4.69) is 37.9 Å². The smallest absolute Gasteiger partial charge is 0.228 e. The highest BCUT2D eigenvalue weighted by atomic mass is 16.5. The molecule has 1 rings (SSSR count). The summed E-state index contributed by atoms with van der Waals surface area (Å²) in [5.74, 6) is 0.239. The van der Waals surface area contributed by atoms with Gasteiger partial charge in [-0.25, -0.2) is 0 Å². The summed E-state index contributed by atoms with van der Waals surface area (Å²) in [6.07, 6.45) is 7.62. The van der Waals surface area contributed by atoms with Crippen molar-refractivity contribution in [1.82, 2.24) is 10.2 Å². The molecule has 0 spiro atoms. The average molecular weight is 343 g/mol. The van der Waals surface area contributed by atoms with Crippen LogP contribution in [0, 0.1) is 5.41 Å². The van der Waals surface area contributed by atoms with Gasteiger partial charge in [0.15, 0.2) is 0 Å². The van der Waals surface area contributed by atoms with Crippen LogP contribution < -0.4 is 5.32 Å². The van der Waals surface area contributed by atoms with E-state index in [1.807, 2.05) is 13.8 Å². The van der Waals surface area contributed by atoms with E-state index in [0.29, 0.717) is 6.10 Å². The lowest BCUT2D eigenvalue weighted by molar-refractivity contribution is -0.139. The number of carbonyl (C=O) groups is 1. The van der Waals surface area contributed by atoms with Gasteiger partial charge in [0.25, 0.3) is 0 Å². The molecule has 1 N–H and O–H groups in total. The first-order valence-electron chi connectivity index (χ1n) is 10.1. The number of ether oxygens (including phenoxy) is 1. The van der Waals surface area contributed by atoms with Crippen molar-refractivity contribution in [1.29, 1.82) is 0 Å². The van der Waals surface area contributed by atoms with Gasteiger partial charge < -0.3 is 15.0 Å². The zero-order valence-corrected chi connectivity index (χ0v) is 17.1. The second-order valence-electron chi connectivity index (χ2n) is 7.16. The molecule has 0 aromatic rings. The Hall–Kier alpha value is -0.610. The number of nitrogens with one attached hydrogen (secondary N) is 1. The van der Waals surface area contributed by atoms with Crippen LogP contribution in [0.4, 0.5) is 0 Å². The lowest BCUT2D eigenvalue weighted by Crippen LogP contribution is -2.61. The van der Waals surface area contributed by atoms with E-state index in [9.17, 15) is 4.79 Å². The van der Waals surface area contributed by atoms with E-state index in [-0.39, 0.29) is 11.3 Å². The number of nitrogens with zero attached hydrogens (tertiary/aromatic N) is 1. The Bertz CT molecular complexity index is 313. The Labute approximate surface area is 150 Å². The third-order valence-electron chi connectivity index (χ3n) is 4.45. The van der Waals surface area contributed by atoms with E-state index in [1.54, 1.807) is 0 Å². The molecule has 1 heterocycles. The maximum Gasteiger partial charge on any atom is 0.228 e. The summed E-state index contributed by atoms with van der Waals surface area (Å²) in [7, 11) is 0. The topological polar surface area (TPSA) is 41.6 Å². The minimum atomic E-state index is -0.146. The Morgan fingerprint density at radius 2 is 1.62 bits per heavy atom. The molecule has 0 aromatic heterocycles. The first kappa shape index (κ1) is 23.4. The molecule has 0 radical (unpaired) electrons. The molecule has 1 aliphatic heterocycles. The van der Waals surface area contributed by atoms with Crippen LogP contribution in [-0.4, -0.2) is 49.7 Å². The van der Waals surface area contributed by atoms with Gasteiger partial charge in [0.05, 0.1) is 11.5 Å². The lowest BCUT2D eigenvalue weighted by Gasteiger charge is -2.46. The predicted octanol–water partition coefficient (Wildman–Crippen LogP) is 4.24. The van der Waals surface area contributed by atoms with Crippen molar-refractivity contribution >= 4 is 5.91 Å². The third kappa shape index (κ3) is 9.63. The van der Waals surface area contributed by atoms with E-state index >= 15 is 0 Å². The summed E-state index contributed by atoms with van der Waals surface area (Å²) in [6, 6.07) is 0. The molecule has 1 amide bonds. The van der Waals surface area contributed by atoms with Gasteiger partial charge in [-0.05, 0) is 40.2 Å². The van der Waals surface area contributed by atoms with Crippen LogP contribution >= 0.6 is 0 Å². The van der Waals surface area contributed by atoms with Gasteiger partial charge in [-0.2, -0.15) is 0 Å². The molecule has 144 valence electrons. The number of rotatable bonds is 12. The van der Waals surface area contributed by atoms with Gasteiger partial charge in [0.2, 0.25) is 5.91 Å². The van der Waals surface area contributed by atoms with E-state index < -0.39 is 0 Å². The van der Waals surface area contributed by atoms with E-state index in [4.69, 9.17) is 4.74 Å². The molecule has 0 unspecified atom stereocenters. The zero-order valence-electron chi connectivity index (χ0n) is 17.1. The summed E-state index contributed by atoms with van der Waals surface area (Å²) < 4.78 is 5.53. The van der Waals surface area contributed by atoms with Crippen molar-refractivity contribution in [3.8, 4) is 0 Å². The highest BCUT2D eigenvalue weighted by molar-refractivity contribution is 5.83. The number of hydrogen-bond donors (Lipinski definition) is 1. The highest BCUT2D eigenvalue weighted by Gasteiger charge is 2.43. The number of carbonyl (C=O) groups excluding carboxylic acids is 1. The van der Waals surface area contributed by atoms with Gasteiger partial charge in [0, 0.05) is 26.2 Å². The van der Waals surface area contributed by atoms with Crippen LogP contribution in [0.15, 0.2) is 0 Å². The van der Waals surface area contributed by atoms with Crippen molar-refractivity contribution in [2.24, 2.45) is 5.41 Å². The number of hydrogen-bond acceptors (Lipinski definition) is 3. The summed E-state index contributed by atoms with van der Waals surface area (Å²) in [4.78, 5) is 14.4. The molecule has 4 heteroatoms. The standard InChI is InChI=1S/C18H36N2O2.C2H6/c1-5-20-14-18(4,15-20)17(21)19-12-10-8-6-7-9-11-13-22-16(2)3;1-2/h16H,5-15H2,1-4H3,(H,19,21);1-2H3. The number of likely N-dealkylation sites (tertiary alicyclic amines) is 1. The van der Waals surface area contributed by atoms with Gasteiger partial charge in [-0.3, -0.25) is 4.79 Å². The minimum Gasteiger partial charge on any atom is -0.379 e. The number of unbranched alkanes of at least 4 members (excludes halogenated alkanes) is 5.